The molecule has 0 amide bonds. The summed E-state index contributed by atoms with van der Waals surface area (Å²) in [5, 5.41) is 12.2. The Labute approximate surface area is 113 Å². The molecule has 1 aliphatic heterocycles. The molecule has 1 aromatic rings. The third-order valence-corrected chi connectivity index (χ3v) is 4.25. The topological polar surface area (TPSA) is 43.2 Å². The third-order valence-electron chi connectivity index (χ3n) is 3.42. The van der Waals surface area contributed by atoms with Gasteiger partial charge in [0.15, 0.2) is 5.13 Å². The molecule has 1 fully saturated rings. The van der Waals surface area contributed by atoms with Crippen LogP contribution >= 0.6 is 11.3 Å². The Hall–Kier alpha value is -1.12. The fraction of sp³-hybridized carbons (Fsp3) is 0.692. The zero-order valence-corrected chi connectivity index (χ0v) is 11.9. The lowest BCUT2D eigenvalue weighted by Crippen LogP contribution is -2.47. The average Bonchev–Trinajstić information content (AvgIpc) is 2.91. The standard InChI is InChI=1S/C13H20N4S/c1-13(2,11-14)3-5-16-6-8-17(9-7-16)12-15-4-10-18-12/h4,10H,3,5-9H2,1-2H3. The van der Waals surface area contributed by atoms with Gasteiger partial charge in [0.2, 0.25) is 0 Å². The van der Waals surface area contributed by atoms with Crippen LogP contribution in [0.15, 0.2) is 11.6 Å². The molecular weight excluding hydrogens is 244 g/mol. The van der Waals surface area contributed by atoms with Crippen molar-refractivity contribution in [2.75, 3.05) is 37.6 Å². The van der Waals surface area contributed by atoms with Crippen molar-refractivity contribution in [2.24, 2.45) is 5.41 Å². The molecule has 0 bridgehead atoms. The Morgan fingerprint density at radius 2 is 2.11 bits per heavy atom. The summed E-state index contributed by atoms with van der Waals surface area (Å²) in [5.41, 5.74) is -0.202. The summed E-state index contributed by atoms with van der Waals surface area (Å²) >= 11 is 1.71. The molecule has 0 aliphatic carbocycles. The Morgan fingerprint density at radius 1 is 1.39 bits per heavy atom. The van der Waals surface area contributed by atoms with Gasteiger partial charge in [0.25, 0.3) is 0 Å². The first-order valence-corrected chi connectivity index (χ1v) is 7.27. The molecule has 5 heteroatoms. The van der Waals surface area contributed by atoms with Crippen LogP contribution in [0.5, 0.6) is 0 Å². The van der Waals surface area contributed by atoms with Gasteiger partial charge in [-0.2, -0.15) is 5.26 Å². The van der Waals surface area contributed by atoms with E-state index in [4.69, 9.17) is 5.26 Å². The quantitative estimate of drug-likeness (QED) is 0.836. The van der Waals surface area contributed by atoms with E-state index in [0.717, 1.165) is 44.3 Å². The molecule has 0 atom stereocenters. The van der Waals surface area contributed by atoms with E-state index >= 15 is 0 Å². The first-order chi connectivity index (χ1) is 8.61. The van der Waals surface area contributed by atoms with Crippen LogP contribution in [-0.2, 0) is 0 Å². The van der Waals surface area contributed by atoms with Gasteiger partial charge in [-0.25, -0.2) is 4.98 Å². The fourth-order valence-corrected chi connectivity index (χ4v) is 2.73. The highest BCUT2D eigenvalue weighted by molar-refractivity contribution is 7.13. The van der Waals surface area contributed by atoms with Crippen molar-refractivity contribution < 1.29 is 0 Å². The van der Waals surface area contributed by atoms with Crippen molar-refractivity contribution >= 4 is 16.5 Å². The Bertz CT molecular complexity index is 399. The minimum Gasteiger partial charge on any atom is -0.346 e. The minimum absolute atomic E-state index is 0.202. The van der Waals surface area contributed by atoms with Crippen LogP contribution in [0.3, 0.4) is 0 Å². The van der Waals surface area contributed by atoms with Gasteiger partial charge in [-0.15, -0.1) is 11.3 Å². The van der Waals surface area contributed by atoms with Crippen molar-refractivity contribution in [3.05, 3.63) is 11.6 Å². The number of piperazine rings is 1. The normalized spacial score (nSPS) is 17.7. The highest BCUT2D eigenvalue weighted by Crippen LogP contribution is 2.21. The van der Waals surface area contributed by atoms with Crippen LogP contribution in [0.25, 0.3) is 0 Å². The van der Waals surface area contributed by atoms with E-state index in [9.17, 15) is 0 Å². The molecule has 0 saturated carbocycles. The largest absolute Gasteiger partial charge is 0.346 e. The van der Waals surface area contributed by atoms with Gasteiger partial charge in [0.1, 0.15) is 0 Å². The lowest BCUT2D eigenvalue weighted by Gasteiger charge is -2.35. The molecule has 0 aromatic carbocycles. The molecule has 18 heavy (non-hydrogen) atoms. The molecule has 1 saturated heterocycles. The molecule has 0 unspecified atom stereocenters. The van der Waals surface area contributed by atoms with Gasteiger partial charge >= 0.3 is 0 Å². The van der Waals surface area contributed by atoms with E-state index in [-0.39, 0.29) is 5.41 Å². The van der Waals surface area contributed by atoms with E-state index in [2.05, 4.69) is 20.9 Å². The van der Waals surface area contributed by atoms with Crippen molar-refractivity contribution in [2.45, 2.75) is 20.3 Å². The van der Waals surface area contributed by atoms with Crippen LogP contribution < -0.4 is 4.90 Å². The molecule has 98 valence electrons. The molecule has 0 radical (unpaired) electrons. The van der Waals surface area contributed by atoms with Gasteiger partial charge in [0, 0.05) is 37.8 Å². The van der Waals surface area contributed by atoms with Crippen LogP contribution in [-0.4, -0.2) is 42.6 Å². The Balaban J connectivity index is 1.76. The molecule has 1 aromatic heterocycles. The fourth-order valence-electron chi connectivity index (χ4n) is 2.03. The van der Waals surface area contributed by atoms with Crippen LogP contribution in [0.4, 0.5) is 5.13 Å². The van der Waals surface area contributed by atoms with Gasteiger partial charge < -0.3 is 4.90 Å². The highest BCUT2D eigenvalue weighted by atomic mass is 32.1. The van der Waals surface area contributed by atoms with Crippen molar-refractivity contribution in [1.29, 1.82) is 5.26 Å². The van der Waals surface area contributed by atoms with E-state index in [1.165, 1.54) is 0 Å². The number of thiazole rings is 1. The van der Waals surface area contributed by atoms with Gasteiger partial charge in [-0.05, 0) is 26.8 Å². The first-order valence-electron chi connectivity index (χ1n) is 6.39. The van der Waals surface area contributed by atoms with Gasteiger partial charge in [0.05, 0.1) is 11.5 Å². The molecule has 2 rings (SSSR count). The number of nitrogens with zero attached hydrogens (tertiary/aromatic N) is 4. The maximum Gasteiger partial charge on any atom is 0.185 e. The third kappa shape index (κ3) is 3.44. The Morgan fingerprint density at radius 3 is 2.67 bits per heavy atom. The average molecular weight is 264 g/mol. The molecule has 4 nitrogen and oxygen atoms in total. The van der Waals surface area contributed by atoms with E-state index in [1.807, 2.05) is 25.4 Å². The second kappa shape index (κ2) is 5.68. The molecule has 0 spiro atoms. The zero-order valence-electron chi connectivity index (χ0n) is 11.1. The van der Waals surface area contributed by atoms with E-state index in [0.29, 0.717) is 0 Å². The predicted octanol–water partition coefficient (Wildman–Crippen LogP) is 2.20. The molecule has 2 heterocycles. The second-order valence-electron chi connectivity index (χ2n) is 5.39. The van der Waals surface area contributed by atoms with Crippen molar-refractivity contribution in [3.63, 3.8) is 0 Å². The zero-order chi connectivity index (χ0) is 13.0. The maximum absolute atomic E-state index is 9.01. The summed E-state index contributed by atoms with van der Waals surface area (Å²) in [6.07, 6.45) is 2.81. The highest BCUT2D eigenvalue weighted by Gasteiger charge is 2.22. The van der Waals surface area contributed by atoms with Crippen LogP contribution in [0.1, 0.15) is 20.3 Å². The van der Waals surface area contributed by atoms with Gasteiger partial charge in [-0.3, -0.25) is 4.90 Å². The smallest absolute Gasteiger partial charge is 0.185 e. The lowest BCUT2D eigenvalue weighted by atomic mass is 9.91. The number of anilines is 1. The minimum atomic E-state index is -0.202. The predicted molar refractivity (Wildman–Crippen MR) is 74.8 cm³/mol. The lowest BCUT2D eigenvalue weighted by molar-refractivity contribution is 0.230. The monoisotopic (exact) mass is 264 g/mol. The summed E-state index contributed by atoms with van der Waals surface area (Å²) in [6.45, 7) is 9.27. The molecular formula is C13H20N4S. The summed E-state index contributed by atoms with van der Waals surface area (Å²) in [7, 11) is 0. The number of hydrogen-bond donors (Lipinski definition) is 0. The molecule has 1 aliphatic rings. The number of nitriles is 1. The van der Waals surface area contributed by atoms with Crippen molar-refractivity contribution in [1.82, 2.24) is 9.88 Å². The second-order valence-corrected chi connectivity index (χ2v) is 6.26. The van der Waals surface area contributed by atoms with E-state index in [1.54, 1.807) is 11.3 Å². The maximum atomic E-state index is 9.01. The summed E-state index contributed by atoms with van der Waals surface area (Å²) in [4.78, 5) is 9.14. The summed E-state index contributed by atoms with van der Waals surface area (Å²) in [5.74, 6) is 0. The Kier molecular flexibility index (Phi) is 4.20. The number of rotatable bonds is 4. The number of aromatic nitrogens is 1. The van der Waals surface area contributed by atoms with Crippen LogP contribution in [0.2, 0.25) is 0 Å². The summed E-state index contributed by atoms with van der Waals surface area (Å²) in [6, 6.07) is 2.37. The van der Waals surface area contributed by atoms with Crippen molar-refractivity contribution in [3.8, 4) is 6.07 Å². The van der Waals surface area contributed by atoms with Gasteiger partial charge in [-0.1, -0.05) is 0 Å². The SMILES string of the molecule is CC(C)(C#N)CCN1CCN(c2nccs2)CC1. The summed E-state index contributed by atoms with van der Waals surface area (Å²) < 4.78 is 0. The molecule has 0 N–H and O–H groups in total. The van der Waals surface area contributed by atoms with Crippen LogP contribution in [0, 0.1) is 16.7 Å². The number of hydrogen-bond acceptors (Lipinski definition) is 5. The van der Waals surface area contributed by atoms with E-state index < -0.39 is 0 Å². The first kappa shape index (κ1) is 13.3.